The normalized spacial score (nSPS) is 12.7. The molecule has 9 heteroatoms. The standard InChI is InChI=1S/C21H28FN3O2S2.HI/c1-4-19(15-29(26,27)20-8-6-5-7-9-20)25-21(23-2)24-13-16-10-11-18(22)12-17(16)14-28-3;/h5-12,19H,4,13-15H2,1-3H3,(H2,23,24,25);1H. The number of nitrogens with one attached hydrogen (secondary N) is 2. The van der Waals surface area contributed by atoms with E-state index in [0.717, 1.165) is 11.1 Å². The van der Waals surface area contributed by atoms with Crippen molar-refractivity contribution in [2.75, 3.05) is 19.1 Å². The minimum Gasteiger partial charge on any atom is -0.353 e. The highest BCUT2D eigenvalue weighted by molar-refractivity contribution is 14.0. The van der Waals surface area contributed by atoms with Gasteiger partial charge >= 0.3 is 0 Å². The lowest BCUT2D eigenvalue weighted by Crippen LogP contribution is -2.45. The van der Waals surface area contributed by atoms with Gasteiger partial charge in [0.15, 0.2) is 15.8 Å². The summed E-state index contributed by atoms with van der Waals surface area (Å²) >= 11 is 1.63. The van der Waals surface area contributed by atoms with Gasteiger partial charge in [0.05, 0.1) is 10.6 Å². The van der Waals surface area contributed by atoms with E-state index >= 15 is 0 Å². The minimum absolute atomic E-state index is 0. The van der Waals surface area contributed by atoms with Gasteiger partial charge in [0.1, 0.15) is 5.82 Å². The van der Waals surface area contributed by atoms with E-state index in [1.165, 1.54) is 6.07 Å². The van der Waals surface area contributed by atoms with Crippen molar-refractivity contribution in [2.45, 2.75) is 36.6 Å². The van der Waals surface area contributed by atoms with Crippen LogP contribution in [0.1, 0.15) is 24.5 Å². The Balaban J connectivity index is 0.00000450. The van der Waals surface area contributed by atoms with Crippen molar-refractivity contribution in [3.05, 3.63) is 65.5 Å². The largest absolute Gasteiger partial charge is 0.353 e. The molecule has 0 heterocycles. The quantitative estimate of drug-likeness (QED) is 0.271. The smallest absolute Gasteiger partial charge is 0.191 e. The molecule has 166 valence electrons. The van der Waals surface area contributed by atoms with E-state index in [2.05, 4.69) is 15.6 Å². The first-order chi connectivity index (χ1) is 13.9. The molecule has 1 unspecified atom stereocenters. The van der Waals surface area contributed by atoms with Gasteiger partial charge < -0.3 is 10.6 Å². The van der Waals surface area contributed by atoms with Crippen LogP contribution in [0.2, 0.25) is 0 Å². The van der Waals surface area contributed by atoms with Crippen molar-refractivity contribution in [3.8, 4) is 0 Å². The number of nitrogens with zero attached hydrogens (tertiary/aromatic N) is 1. The summed E-state index contributed by atoms with van der Waals surface area (Å²) in [5, 5.41) is 6.40. The first-order valence-corrected chi connectivity index (χ1v) is 12.5. The number of aliphatic imine (C=N–C) groups is 1. The average molecular weight is 566 g/mol. The molecule has 0 aliphatic rings. The maximum Gasteiger partial charge on any atom is 0.191 e. The van der Waals surface area contributed by atoms with Crippen molar-refractivity contribution in [1.29, 1.82) is 0 Å². The first kappa shape index (κ1) is 26.7. The third kappa shape index (κ3) is 8.07. The van der Waals surface area contributed by atoms with Crippen LogP contribution in [0.4, 0.5) is 4.39 Å². The van der Waals surface area contributed by atoms with Crippen LogP contribution in [-0.4, -0.2) is 39.5 Å². The topological polar surface area (TPSA) is 70.6 Å². The third-order valence-electron chi connectivity index (χ3n) is 4.49. The highest BCUT2D eigenvalue weighted by Crippen LogP contribution is 2.17. The number of thioether (sulfide) groups is 1. The Kier molecular flexibility index (Phi) is 11.7. The molecule has 0 saturated carbocycles. The maximum absolute atomic E-state index is 13.5. The van der Waals surface area contributed by atoms with Crippen LogP contribution in [0.3, 0.4) is 0 Å². The Hall–Kier alpha value is -1.33. The molecule has 0 aliphatic carbocycles. The molecule has 0 aromatic heterocycles. The minimum atomic E-state index is -3.40. The highest BCUT2D eigenvalue weighted by atomic mass is 127. The van der Waals surface area contributed by atoms with Gasteiger partial charge in [-0.15, -0.1) is 24.0 Å². The van der Waals surface area contributed by atoms with Crippen LogP contribution in [-0.2, 0) is 22.1 Å². The van der Waals surface area contributed by atoms with Gasteiger partial charge in [-0.25, -0.2) is 12.8 Å². The second kappa shape index (κ2) is 13.2. The molecular weight excluding hydrogens is 536 g/mol. The van der Waals surface area contributed by atoms with E-state index in [0.29, 0.717) is 29.6 Å². The zero-order chi connectivity index (χ0) is 21.3. The summed E-state index contributed by atoms with van der Waals surface area (Å²) in [6.07, 6.45) is 2.60. The fourth-order valence-electron chi connectivity index (χ4n) is 2.87. The number of hydrogen-bond acceptors (Lipinski definition) is 4. The molecule has 2 N–H and O–H groups in total. The summed E-state index contributed by atoms with van der Waals surface area (Å²) in [4.78, 5) is 4.52. The Morgan fingerprint density at radius 1 is 1.17 bits per heavy atom. The Morgan fingerprint density at radius 2 is 1.87 bits per heavy atom. The van der Waals surface area contributed by atoms with Crippen molar-refractivity contribution >= 4 is 51.5 Å². The van der Waals surface area contributed by atoms with Crippen molar-refractivity contribution in [1.82, 2.24) is 10.6 Å². The van der Waals surface area contributed by atoms with Gasteiger partial charge in [-0.1, -0.05) is 31.2 Å². The highest BCUT2D eigenvalue weighted by Gasteiger charge is 2.21. The summed E-state index contributed by atoms with van der Waals surface area (Å²) in [5.74, 6) is 0.952. The number of rotatable bonds is 9. The molecule has 0 fully saturated rings. The molecule has 0 radical (unpaired) electrons. The molecule has 1 atom stereocenters. The van der Waals surface area contributed by atoms with Gasteiger partial charge in [-0.3, -0.25) is 4.99 Å². The summed E-state index contributed by atoms with van der Waals surface area (Å²) in [6.45, 7) is 2.40. The zero-order valence-electron chi connectivity index (χ0n) is 17.4. The second-order valence-corrected chi connectivity index (χ2v) is 9.52. The maximum atomic E-state index is 13.5. The lowest BCUT2D eigenvalue weighted by Gasteiger charge is -2.21. The van der Waals surface area contributed by atoms with Gasteiger partial charge in [0.25, 0.3) is 0 Å². The Bertz CT molecular complexity index is 925. The lowest BCUT2D eigenvalue weighted by molar-refractivity contribution is 0.568. The van der Waals surface area contributed by atoms with Gasteiger partial charge in [0, 0.05) is 25.4 Å². The number of sulfone groups is 1. The SMILES string of the molecule is CCC(CS(=O)(=O)c1ccccc1)NC(=NC)NCc1ccc(F)cc1CSC.I. The Morgan fingerprint density at radius 3 is 2.47 bits per heavy atom. The lowest BCUT2D eigenvalue weighted by atomic mass is 10.1. The molecule has 2 rings (SSSR count). The molecule has 30 heavy (non-hydrogen) atoms. The summed E-state index contributed by atoms with van der Waals surface area (Å²) in [6, 6.07) is 12.9. The predicted molar refractivity (Wildman–Crippen MR) is 135 cm³/mol. The van der Waals surface area contributed by atoms with Gasteiger partial charge in [0.2, 0.25) is 0 Å². The van der Waals surface area contributed by atoms with Crippen LogP contribution in [0.25, 0.3) is 0 Å². The van der Waals surface area contributed by atoms with Gasteiger partial charge in [-0.05, 0) is 48.1 Å². The van der Waals surface area contributed by atoms with Crippen molar-refractivity contribution in [2.24, 2.45) is 4.99 Å². The third-order valence-corrected chi connectivity index (χ3v) is 6.93. The van der Waals surface area contributed by atoms with E-state index in [1.807, 2.05) is 13.2 Å². The van der Waals surface area contributed by atoms with E-state index in [1.54, 1.807) is 61.3 Å². The summed E-state index contributed by atoms with van der Waals surface area (Å²) in [7, 11) is -1.76. The predicted octanol–water partition coefficient (Wildman–Crippen LogP) is 4.22. The Labute approximate surface area is 200 Å². The molecule has 0 spiro atoms. The zero-order valence-corrected chi connectivity index (χ0v) is 21.4. The van der Waals surface area contributed by atoms with Crippen LogP contribution in [0.15, 0.2) is 58.4 Å². The van der Waals surface area contributed by atoms with Crippen LogP contribution in [0.5, 0.6) is 0 Å². The number of hydrogen-bond donors (Lipinski definition) is 2. The number of halogens is 2. The molecule has 5 nitrogen and oxygen atoms in total. The fourth-order valence-corrected chi connectivity index (χ4v) is 5.07. The first-order valence-electron chi connectivity index (χ1n) is 9.40. The van der Waals surface area contributed by atoms with Crippen LogP contribution in [0, 0.1) is 5.82 Å². The van der Waals surface area contributed by atoms with Crippen molar-refractivity contribution < 1.29 is 12.8 Å². The van der Waals surface area contributed by atoms with Crippen LogP contribution >= 0.6 is 35.7 Å². The summed E-state index contributed by atoms with van der Waals surface area (Å²) < 4.78 is 38.9. The molecule has 0 amide bonds. The molecule has 2 aromatic rings. The van der Waals surface area contributed by atoms with E-state index < -0.39 is 9.84 Å². The molecule has 0 bridgehead atoms. The van der Waals surface area contributed by atoms with Gasteiger partial charge in [-0.2, -0.15) is 11.8 Å². The number of benzene rings is 2. The van der Waals surface area contributed by atoms with E-state index in [4.69, 9.17) is 0 Å². The summed E-state index contributed by atoms with van der Waals surface area (Å²) in [5.41, 5.74) is 1.91. The fraction of sp³-hybridized carbons (Fsp3) is 0.381. The molecular formula is C21H29FIN3O2S2. The monoisotopic (exact) mass is 565 g/mol. The van der Waals surface area contributed by atoms with E-state index in [9.17, 15) is 12.8 Å². The average Bonchev–Trinajstić information content (AvgIpc) is 2.72. The van der Waals surface area contributed by atoms with E-state index in [-0.39, 0.29) is 41.6 Å². The number of guanidine groups is 1. The van der Waals surface area contributed by atoms with Crippen molar-refractivity contribution in [3.63, 3.8) is 0 Å². The molecule has 0 saturated heterocycles. The molecule has 2 aromatic carbocycles. The molecule has 0 aliphatic heterocycles. The van der Waals surface area contributed by atoms with Crippen LogP contribution < -0.4 is 10.6 Å². The second-order valence-electron chi connectivity index (χ2n) is 6.62.